The molecule has 3 atom stereocenters. The molecule has 1 unspecified atom stereocenters. The van der Waals surface area contributed by atoms with Crippen LogP contribution in [0.15, 0.2) is 72.8 Å². The highest BCUT2D eigenvalue weighted by Gasteiger charge is 2.34. The van der Waals surface area contributed by atoms with E-state index in [4.69, 9.17) is 16.3 Å². The number of nitrogens with zero attached hydrogens (tertiary/aromatic N) is 1. The molecule has 5 rings (SSSR count). The molecule has 1 aliphatic heterocycles. The van der Waals surface area contributed by atoms with Gasteiger partial charge in [-0.05, 0) is 79.3 Å². The van der Waals surface area contributed by atoms with Crippen molar-refractivity contribution in [2.45, 2.75) is 37.5 Å². The number of aliphatic hydroxyl groups is 1. The van der Waals surface area contributed by atoms with Crippen LogP contribution in [0.2, 0.25) is 5.02 Å². The fraction of sp³-hybridized carbons (Fsp3) is 0.367. The highest BCUT2D eigenvalue weighted by molar-refractivity contribution is 6.30. The second-order valence-corrected chi connectivity index (χ2v) is 10.7. The Balaban J connectivity index is 1.17. The van der Waals surface area contributed by atoms with E-state index < -0.39 is 6.10 Å². The number of amides is 2. The minimum absolute atomic E-state index is 0.0402. The van der Waals surface area contributed by atoms with Gasteiger partial charge in [-0.3, -0.25) is 0 Å². The molecule has 2 aliphatic rings. The molecule has 0 aromatic heterocycles. The molecule has 1 heterocycles. The summed E-state index contributed by atoms with van der Waals surface area (Å²) >= 11 is 5.92. The zero-order chi connectivity index (χ0) is 27.2. The maximum absolute atomic E-state index is 14.7. The number of β-amino-alcohol motifs (C(OH)–C–C–N with tert-alkyl or cyclic N) is 1. The summed E-state index contributed by atoms with van der Waals surface area (Å²) < 4.78 is 20.5. The Morgan fingerprint density at radius 2 is 1.85 bits per heavy atom. The number of urea groups is 1. The first-order valence-electron chi connectivity index (χ1n) is 13.4. The number of hydrogen-bond acceptors (Lipinski definition) is 5. The van der Waals surface area contributed by atoms with Crippen molar-refractivity contribution in [2.24, 2.45) is 5.92 Å². The van der Waals surface area contributed by atoms with Crippen molar-refractivity contribution in [3.05, 3.63) is 94.8 Å². The number of carbonyl (C=O) groups excluding carboxylic acids is 1. The van der Waals surface area contributed by atoms with Gasteiger partial charge in [0, 0.05) is 17.3 Å². The monoisotopic (exact) mass is 552 g/mol. The molecule has 0 bridgehead atoms. The summed E-state index contributed by atoms with van der Waals surface area (Å²) in [6.07, 6.45) is 2.28. The second kappa shape index (κ2) is 12.8. The summed E-state index contributed by atoms with van der Waals surface area (Å²) in [6, 6.07) is 21.4. The van der Waals surface area contributed by atoms with Crippen molar-refractivity contribution < 1.29 is 19.0 Å². The Hall–Kier alpha value is -3.17. The van der Waals surface area contributed by atoms with Gasteiger partial charge in [-0.25, -0.2) is 9.18 Å². The smallest absolute Gasteiger partial charge is 0.322 e. The van der Waals surface area contributed by atoms with E-state index in [-0.39, 0.29) is 43.8 Å². The van der Waals surface area contributed by atoms with Gasteiger partial charge in [-0.1, -0.05) is 48.0 Å². The number of halogens is 2. The molecule has 2 fully saturated rings. The first-order chi connectivity index (χ1) is 19.0. The number of hydrogen-bond donors (Lipinski definition) is 4. The number of anilines is 2. The predicted molar refractivity (Wildman–Crippen MR) is 151 cm³/mol. The van der Waals surface area contributed by atoms with Crippen LogP contribution in [-0.4, -0.2) is 54.6 Å². The minimum atomic E-state index is -0.630. The number of likely N-dealkylation sites (tertiary alicyclic amines) is 1. The van der Waals surface area contributed by atoms with Crippen molar-refractivity contribution in [1.82, 2.24) is 10.2 Å². The first kappa shape index (κ1) is 27.4. The molecule has 1 aliphatic carbocycles. The number of nitrogens with one attached hydrogen (secondary N) is 3. The molecule has 2 amide bonds. The van der Waals surface area contributed by atoms with E-state index in [0.717, 1.165) is 17.7 Å². The Morgan fingerprint density at radius 3 is 2.59 bits per heavy atom. The number of ether oxygens (including phenoxy) is 1. The van der Waals surface area contributed by atoms with Crippen molar-refractivity contribution >= 4 is 29.0 Å². The van der Waals surface area contributed by atoms with Gasteiger partial charge in [0.1, 0.15) is 12.5 Å². The normalized spacial score (nSPS) is 19.6. The first-order valence-corrected chi connectivity index (χ1v) is 13.7. The van der Waals surface area contributed by atoms with Gasteiger partial charge in [0.2, 0.25) is 0 Å². The summed E-state index contributed by atoms with van der Waals surface area (Å²) in [7, 11) is 0. The van der Waals surface area contributed by atoms with Gasteiger partial charge in [-0.15, -0.1) is 0 Å². The maximum Gasteiger partial charge on any atom is 0.322 e. The van der Waals surface area contributed by atoms with Crippen LogP contribution in [0.4, 0.5) is 20.6 Å². The van der Waals surface area contributed by atoms with Gasteiger partial charge in [0.25, 0.3) is 0 Å². The van der Waals surface area contributed by atoms with Crippen LogP contribution in [0.5, 0.6) is 0 Å². The Labute approximate surface area is 233 Å². The lowest BCUT2D eigenvalue weighted by atomic mass is 9.98. The molecule has 9 heteroatoms. The van der Waals surface area contributed by atoms with Crippen LogP contribution in [0.25, 0.3) is 0 Å². The fourth-order valence-electron chi connectivity index (χ4n) is 4.89. The van der Waals surface area contributed by atoms with E-state index in [0.29, 0.717) is 28.7 Å². The zero-order valence-corrected chi connectivity index (χ0v) is 22.4. The third kappa shape index (κ3) is 7.48. The van der Waals surface area contributed by atoms with Gasteiger partial charge < -0.3 is 30.7 Å². The molecule has 1 saturated heterocycles. The van der Waals surface area contributed by atoms with Crippen molar-refractivity contribution in [3.63, 3.8) is 0 Å². The lowest BCUT2D eigenvalue weighted by Gasteiger charge is -2.25. The molecular weight excluding hydrogens is 519 g/mol. The molecule has 7 nitrogen and oxygen atoms in total. The van der Waals surface area contributed by atoms with Crippen molar-refractivity contribution in [2.75, 3.05) is 37.1 Å². The zero-order valence-electron chi connectivity index (χ0n) is 21.7. The Morgan fingerprint density at radius 1 is 1.08 bits per heavy atom. The van der Waals surface area contributed by atoms with Crippen LogP contribution in [0, 0.1) is 11.7 Å². The van der Waals surface area contributed by atoms with E-state index in [9.17, 15) is 14.3 Å². The van der Waals surface area contributed by atoms with E-state index in [1.807, 2.05) is 30.3 Å². The molecule has 0 spiro atoms. The Kier molecular flexibility index (Phi) is 8.98. The van der Waals surface area contributed by atoms with Crippen LogP contribution >= 0.6 is 11.6 Å². The van der Waals surface area contributed by atoms with Crippen molar-refractivity contribution in [1.29, 1.82) is 0 Å². The molecular formula is C30H34ClFN4O3. The molecule has 1 saturated carbocycles. The fourth-order valence-corrected chi connectivity index (χ4v) is 5.01. The average molecular weight is 553 g/mol. The van der Waals surface area contributed by atoms with Crippen LogP contribution in [0.3, 0.4) is 0 Å². The number of carbonyl (C=O) groups is 1. The number of benzene rings is 3. The molecule has 0 radical (unpaired) electrons. The van der Waals surface area contributed by atoms with E-state index in [1.54, 1.807) is 29.2 Å². The van der Waals surface area contributed by atoms with Gasteiger partial charge in [0.15, 0.2) is 0 Å². The summed E-state index contributed by atoms with van der Waals surface area (Å²) in [5.41, 5.74) is 3.06. The van der Waals surface area contributed by atoms with Crippen LogP contribution < -0.4 is 16.0 Å². The highest BCUT2D eigenvalue weighted by atomic mass is 35.5. The van der Waals surface area contributed by atoms with Crippen LogP contribution in [0.1, 0.15) is 36.4 Å². The van der Waals surface area contributed by atoms with E-state index in [1.165, 1.54) is 18.9 Å². The van der Waals surface area contributed by atoms with E-state index >= 15 is 0 Å². The molecule has 3 aromatic carbocycles. The minimum Gasteiger partial charge on any atom is -0.391 e. The summed E-state index contributed by atoms with van der Waals surface area (Å²) in [5, 5.41) is 20.3. The van der Waals surface area contributed by atoms with Gasteiger partial charge >= 0.3 is 6.03 Å². The summed E-state index contributed by atoms with van der Waals surface area (Å²) in [5.74, 6) is 0.348. The summed E-state index contributed by atoms with van der Waals surface area (Å²) in [6.45, 7) is 1.41. The average Bonchev–Trinajstić information content (AvgIpc) is 3.69. The number of rotatable bonds is 11. The lowest BCUT2D eigenvalue weighted by Crippen LogP contribution is -2.41. The van der Waals surface area contributed by atoms with Gasteiger partial charge in [-0.2, -0.15) is 0 Å². The molecule has 4 N–H and O–H groups in total. The Bertz CT molecular complexity index is 1240. The topological polar surface area (TPSA) is 85.9 Å². The SMILES string of the molecule is O=C(Nc1ccc(Cl)cc1)N1C[C@H](O)C[C@@H]1COCNc1cc(C(NCC2CC2)c2ccccc2)ccc1F. The van der Waals surface area contributed by atoms with Gasteiger partial charge in [0.05, 0.1) is 30.5 Å². The second-order valence-electron chi connectivity index (χ2n) is 10.3. The third-order valence-electron chi connectivity index (χ3n) is 7.19. The largest absolute Gasteiger partial charge is 0.391 e. The van der Waals surface area contributed by atoms with Crippen LogP contribution in [-0.2, 0) is 4.74 Å². The highest BCUT2D eigenvalue weighted by Crippen LogP contribution is 2.31. The van der Waals surface area contributed by atoms with E-state index in [2.05, 4.69) is 28.1 Å². The molecule has 206 valence electrons. The standard InChI is InChI=1S/C30H34ClFN4O3/c31-23-9-11-24(12-10-23)35-30(38)36-17-26(37)15-25(36)18-39-19-34-28-14-22(8-13-27(28)32)29(33-16-20-6-7-20)21-4-2-1-3-5-21/h1-5,8-14,20,25-26,29,33-34,37H,6-7,15-19H2,(H,35,38)/t25-,26-,29?/m1/s1. The molecule has 3 aromatic rings. The predicted octanol–water partition coefficient (Wildman–Crippen LogP) is 5.62. The third-order valence-corrected chi connectivity index (χ3v) is 7.44. The van der Waals surface area contributed by atoms with Crippen molar-refractivity contribution in [3.8, 4) is 0 Å². The summed E-state index contributed by atoms with van der Waals surface area (Å²) in [4.78, 5) is 14.4. The lowest BCUT2D eigenvalue weighted by molar-refractivity contribution is 0.0996. The quantitative estimate of drug-likeness (QED) is 0.183. The molecule has 39 heavy (non-hydrogen) atoms. The number of aliphatic hydroxyl groups excluding tert-OH is 1. The maximum atomic E-state index is 14.7.